The van der Waals surface area contributed by atoms with E-state index in [4.69, 9.17) is 56.4 Å². The Balaban J connectivity index is 0.000000132. The lowest BCUT2D eigenvalue weighted by Gasteiger charge is -2.32. The van der Waals surface area contributed by atoms with Crippen molar-refractivity contribution in [2.75, 3.05) is 13.1 Å². The van der Waals surface area contributed by atoms with Crippen molar-refractivity contribution in [3.8, 4) is 56.4 Å². The van der Waals surface area contributed by atoms with Crippen LogP contribution in [-0.2, 0) is 100 Å². The highest BCUT2D eigenvalue weighted by atomic mass is 79.9. The third-order valence-electron chi connectivity index (χ3n) is 24.2. The molecule has 41 heteroatoms. The Hall–Kier alpha value is -12.6. The number of carboxylic acids is 1. The summed E-state index contributed by atoms with van der Waals surface area (Å²) in [5, 5.41) is 29.9. The number of aromatic amines is 4. The van der Waals surface area contributed by atoms with Gasteiger partial charge < -0.3 is 67.5 Å². The summed E-state index contributed by atoms with van der Waals surface area (Å²) >= 11 is 15.1. The lowest BCUT2D eigenvalue weighted by atomic mass is 9.77. The molecule has 722 valence electrons. The van der Waals surface area contributed by atoms with E-state index in [1.807, 2.05) is 168 Å². The second-order valence-corrected chi connectivity index (χ2v) is 40.8. The van der Waals surface area contributed by atoms with E-state index >= 15 is 0 Å². The van der Waals surface area contributed by atoms with Crippen molar-refractivity contribution in [1.82, 2.24) is 119 Å². The first-order valence-electron chi connectivity index (χ1n) is 45.1. The molecule has 0 atom stereocenters. The summed E-state index contributed by atoms with van der Waals surface area (Å²) in [6.07, 6.45) is 27.8. The number of H-pyrrole nitrogens is 4. The summed E-state index contributed by atoms with van der Waals surface area (Å²) in [7, 11) is 6.87. The predicted molar refractivity (Wildman–Crippen MR) is 536 cm³/mol. The molecule has 0 spiro atoms. The molecule has 35 nitrogen and oxygen atoms in total. The minimum Gasteiger partial charge on any atom is -0.474 e. The molecular formula is C97H114B2BrCl3N24O11. The van der Waals surface area contributed by atoms with Crippen molar-refractivity contribution in [3.05, 3.63) is 213 Å². The third-order valence-corrected chi connectivity index (χ3v) is 25.2. The van der Waals surface area contributed by atoms with E-state index in [2.05, 4.69) is 193 Å². The molecule has 2 saturated heterocycles. The number of ether oxygens (including phenoxy) is 2. The number of hydrogen-bond donors (Lipinski definition) is 5. The fraction of sp³-hybridized carbons (Fsp3) is 0.392. The molecule has 0 saturated carbocycles. The number of carbonyl (C=O) groups excluding carboxylic acids is 2. The third kappa shape index (κ3) is 23.9. The SMILES string of the molecule is CC(C)(C)OC(=O)N1CCc2cc(B3OC(C)(C)C(C)(C)O3)ccc2C1.CC(C)(C)c1noc(C(=O)O)n1.Cl.Clc1ccnc2nc(Br)[nH]c12.Cn1cc(-c2nc3nccc(-c4ccc5c(c4)CCCC5)c3[nH]2)cn1.Cn1cc(-c2nc3nccc(-c4ccc5c(c4)CCN(C(=O)OC(C)(C)C)C5)c3[nH]2)cn1.Cn1cc(-c2nc3nccc(Cl)c3[nH]2)cn1.Cn1cc(B2OC(C)(C)C(C)(C)O2)cn1. The number of pyridine rings is 4. The van der Waals surface area contributed by atoms with Gasteiger partial charge in [0.15, 0.2) is 33.1 Å². The lowest BCUT2D eigenvalue weighted by molar-refractivity contribution is 0.00578. The van der Waals surface area contributed by atoms with Gasteiger partial charge in [0.1, 0.15) is 39.7 Å². The van der Waals surface area contributed by atoms with Crippen LogP contribution in [-0.4, -0.2) is 203 Å². The summed E-state index contributed by atoms with van der Waals surface area (Å²) in [5.74, 6) is 1.13. The van der Waals surface area contributed by atoms with E-state index in [0.717, 1.165) is 113 Å². The van der Waals surface area contributed by atoms with Gasteiger partial charge in [-0.05, 0) is 226 Å². The van der Waals surface area contributed by atoms with Crippen LogP contribution in [0.5, 0.6) is 0 Å². The maximum absolute atomic E-state index is 12.5. The van der Waals surface area contributed by atoms with Gasteiger partial charge in [0.05, 0.1) is 78.8 Å². The van der Waals surface area contributed by atoms with Crippen LogP contribution < -0.4 is 10.9 Å². The molecule has 13 aromatic heterocycles. The van der Waals surface area contributed by atoms with Gasteiger partial charge in [-0.15, -0.1) is 12.4 Å². The van der Waals surface area contributed by atoms with Crippen LogP contribution in [0.2, 0.25) is 10.0 Å². The molecule has 2 fully saturated rings. The number of benzene rings is 3. The topological polar surface area (TPSA) is 410 Å². The molecule has 21 rings (SSSR count). The largest absolute Gasteiger partial charge is 0.498 e. The Kier molecular flexibility index (Phi) is 30.0. The first-order valence-corrected chi connectivity index (χ1v) is 46.6. The van der Waals surface area contributed by atoms with E-state index < -0.39 is 17.2 Å². The molecule has 16 aromatic rings. The van der Waals surface area contributed by atoms with Gasteiger partial charge in [-0.3, -0.25) is 18.7 Å². The van der Waals surface area contributed by atoms with E-state index in [0.29, 0.717) is 63.7 Å². The van der Waals surface area contributed by atoms with Crippen LogP contribution >= 0.6 is 51.5 Å². The number of amides is 2. The quantitative estimate of drug-likeness (QED) is 0.0882. The van der Waals surface area contributed by atoms with Crippen LogP contribution in [0.25, 0.3) is 101 Å². The molecule has 5 aliphatic rings. The van der Waals surface area contributed by atoms with Gasteiger partial charge >= 0.3 is 38.3 Å². The Morgan fingerprint density at radius 2 is 0.819 bits per heavy atom. The van der Waals surface area contributed by atoms with Crippen LogP contribution in [0.3, 0.4) is 0 Å². The molecule has 0 bridgehead atoms. The maximum atomic E-state index is 12.5. The fourth-order valence-corrected chi connectivity index (χ4v) is 16.3. The monoisotopic (exact) mass is 2000 g/mol. The highest BCUT2D eigenvalue weighted by Crippen LogP contribution is 2.40. The number of aromatic nitrogens is 22. The zero-order valence-electron chi connectivity index (χ0n) is 81.2. The second-order valence-electron chi connectivity index (χ2n) is 39.2. The fourth-order valence-electron chi connectivity index (χ4n) is 15.5. The molecule has 0 unspecified atom stereocenters. The Bertz CT molecular complexity index is 7040. The lowest BCUT2D eigenvalue weighted by Crippen LogP contribution is -2.41. The molecule has 0 radical (unpaired) electrons. The van der Waals surface area contributed by atoms with E-state index in [9.17, 15) is 14.4 Å². The number of carbonyl (C=O) groups is 3. The van der Waals surface area contributed by atoms with Crippen LogP contribution in [0.1, 0.15) is 180 Å². The van der Waals surface area contributed by atoms with Crippen molar-refractivity contribution < 1.29 is 52.1 Å². The number of nitrogens with one attached hydrogen (secondary N) is 4. The number of imidazole rings is 4. The average molecular weight is 2000 g/mol. The first-order chi connectivity index (χ1) is 64.7. The van der Waals surface area contributed by atoms with E-state index in [1.165, 1.54) is 53.5 Å². The molecular weight excluding hydrogens is 1890 g/mol. The van der Waals surface area contributed by atoms with Crippen molar-refractivity contribution in [2.45, 2.75) is 208 Å². The Morgan fingerprint density at radius 1 is 0.442 bits per heavy atom. The molecule has 4 aliphatic heterocycles. The van der Waals surface area contributed by atoms with Crippen molar-refractivity contribution in [2.24, 2.45) is 28.2 Å². The van der Waals surface area contributed by atoms with Gasteiger partial charge in [0.2, 0.25) is 0 Å². The standard InChI is InChI=1S/C24H26N6O2.C20H30BNO4.C20H19N5.C10H17BN2O2.C10H8ClN5.C7H10N2O3.C6H3BrClN3.ClH/c1-24(2,3)32-23(31)30-10-8-15-11-16(5-6-17(15)14-30)19-7-9-25-22-20(19)27-21(28-22)18-12-26-29(4)13-18;1-18(2,3)24-17(23)22-11-10-14-12-16(9-8-15(14)13-22)21-25-19(4,5)20(6,7)26-21;1-25-12-16(11-22-25)19-23-18-17(8-9-21-20(18)24-19)15-7-6-13-4-2-3-5-14(13)10-15;1-9(2)10(3,4)15-11(14-9)8-6-12-13(5)7-8;1-16-5-6(4-13-16)9-14-8-7(11)2-3-12-10(8)15-9;1-7(2,3)6-8-4(5(10)11)12-9-6;7-6-10-4-3(8)1-2-9-5(4)11-6;/h5-7,9,11-13H,8,10,14H2,1-4H3,(H,25,27,28);8-9,12H,10-11,13H2,1-7H3;6-12H,2-5H2,1H3,(H,21,23,24);6-7H,1-5H3;2-5H,1H3,(H,12,14,15);1-3H3,(H,10,11);1-2H,(H,9,10,11);1H. The average Bonchev–Trinajstić information content (AvgIpc) is 1.61. The molecule has 2 amide bonds. The van der Waals surface area contributed by atoms with Crippen LogP contribution in [0.15, 0.2) is 162 Å². The Labute approximate surface area is 824 Å². The zero-order chi connectivity index (χ0) is 98.2. The highest BCUT2D eigenvalue weighted by Gasteiger charge is 2.53. The minimum atomic E-state index is -1.20. The van der Waals surface area contributed by atoms with Crippen molar-refractivity contribution in [1.29, 1.82) is 0 Å². The number of aryl methyl sites for hydroxylation is 6. The summed E-state index contributed by atoms with van der Waals surface area (Å²) in [5.41, 5.74) is 20.7. The van der Waals surface area contributed by atoms with Gasteiger partial charge in [0.25, 0.3) is 0 Å². The number of hydrogen-bond acceptors (Lipinski definition) is 24. The molecule has 17 heterocycles. The van der Waals surface area contributed by atoms with Gasteiger partial charge in [-0.2, -0.15) is 25.4 Å². The van der Waals surface area contributed by atoms with Gasteiger partial charge in [-0.1, -0.05) is 104 Å². The number of rotatable bonds is 8. The van der Waals surface area contributed by atoms with E-state index in [1.54, 1.807) is 77.8 Å². The number of nitrogens with zero attached hydrogens (tertiary/aromatic N) is 20. The van der Waals surface area contributed by atoms with E-state index in [-0.39, 0.29) is 72.5 Å². The zero-order valence-corrected chi connectivity index (χ0v) is 85.1. The Morgan fingerprint density at radius 3 is 1.21 bits per heavy atom. The van der Waals surface area contributed by atoms with Crippen molar-refractivity contribution in [3.63, 3.8) is 0 Å². The summed E-state index contributed by atoms with van der Waals surface area (Å²) in [6.45, 7) is 35.8. The highest BCUT2D eigenvalue weighted by molar-refractivity contribution is 9.10. The first kappa shape index (κ1) is 101. The summed E-state index contributed by atoms with van der Waals surface area (Å²) < 4.78 is 47.2. The molecule has 3 aromatic carbocycles. The number of fused-ring (bicyclic) bond motifs is 7. The number of aromatic carboxylic acids is 1. The number of carboxylic acid groups (broad SMARTS) is 1. The summed E-state index contributed by atoms with van der Waals surface area (Å²) in [6, 6.07) is 27.1. The van der Waals surface area contributed by atoms with Crippen LogP contribution in [0, 0.1) is 0 Å². The second kappa shape index (κ2) is 40.9. The minimum absolute atomic E-state index is 0. The normalized spacial score (nSPS) is 15.5. The van der Waals surface area contributed by atoms with Gasteiger partial charge in [-0.25, -0.2) is 54.3 Å². The maximum Gasteiger partial charge on any atom is 0.498 e. The van der Waals surface area contributed by atoms with Gasteiger partial charge in [0, 0.05) is 132 Å². The molecule has 5 N–H and O–H groups in total. The summed E-state index contributed by atoms with van der Waals surface area (Å²) in [4.78, 5) is 90.0. The smallest absolute Gasteiger partial charge is 0.474 e. The molecule has 138 heavy (non-hydrogen) atoms. The number of halogens is 4. The van der Waals surface area contributed by atoms with Crippen LogP contribution in [0.4, 0.5) is 9.59 Å². The predicted octanol–water partition coefficient (Wildman–Crippen LogP) is 18.1. The van der Waals surface area contributed by atoms with Crippen molar-refractivity contribution >= 4 is 140 Å². The molecule has 1 aliphatic carbocycles.